The highest BCUT2D eigenvalue weighted by Gasteiger charge is 2.22. The molecule has 0 fully saturated rings. The van der Waals surface area contributed by atoms with Gasteiger partial charge in [0.2, 0.25) is 0 Å². The van der Waals surface area contributed by atoms with Gasteiger partial charge >= 0.3 is 0 Å². The first-order chi connectivity index (χ1) is 12.7. The molecule has 0 saturated carbocycles. The Kier molecular flexibility index (Phi) is 5.30. The minimum Gasteiger partial charge on any atom is -0.413 e. The highest BCUT2D eigenvalue weighted by atomic mass is 28.4. The van der Waals surface area contributed by atoms with Crippen molar-refractivity contribution in [2.45, 2.75) is 33.2 Å². The molecule has 3 aromatic rings. The normalized spacial score (nSPS) is 11.6. The Bertz CT molecular complexity index is 1000. The van der Waals surface area contributed by atoms with Gasteiger partial charge < -0.3 is 14.7 Å². The zero-order chi connectivity index (χ0) is 19.6. The van der Waals surface area contributed by atoms with E-state index >= 15 is 0 Å². The Morgan fingerprint density at radius 1 is 1.07 bits per heavy atom. The molecule has 140 valence electrons. The molecule has 0 unspecified atom stereocenters. The van der Waals surface area contributed by atoms with Gasteiger partial charge in [0.1, 0.15) is 0 Å². The van der Waals surface area contributed by atoms with Crippen LogP contribution in [0.3, 0.4) is 0 Å². The first-order valence-corrected chi connectivity index (χ1v) is 12.3. The highest BCUT2D eigenvalue weighted by molar-refractivity contribution is 6.69. The molecule has 0 aliphatic rings. The number of nitrogens with one attached hydrogen (secondary N) is 2. The third-order valence-corrected chi connectivity index (χ3v) is 5.19. The number of ketones is 1. The van der Waals surface area contributed by atoms with Crippen molar-refractivity contribution in [3.05, 3.63) is 65.4 Å². The first-order valence-electron chi connectivity index (χ1n) is 8.90. The number of Topliss-reactive ketones (excluding diaryl/α,β-unsaturated/α-hetero) is 1. The number of para-hydroxylation sites is 1. The zero-order valence-corrected chi connectivity index (χ0v) is 17.1. The highest BCUT2D eigenvalue weighted by Crippen LogP contribution is 2.23. The van der Waals surface area contributed by atoms with Crippen molar-refractivity contribution >= 4 is 36.6 Å². The maximum atomic E-state index is 12.7. The second kappa shape index (κ2) is 7.50. The SMILES string of the molecule is Cc1[nH]c2ccccc2c1C(=O)C(=O)Nc1cccc(CO[Si](C)(C)C)c1. The van der Waals surface area contributed by atoms with Crippen LogP contribution in [0.25, 0.3) is 10.9 Å². The molecule has 0 atom stereocenters. The van der Waals surface area contributed by atoms with Crippen LogP contribution >= 0.6 is 0 Å². The Labute approximate surface area is 159 Å². The van der Waals surface area contributed by atoms with Crippen LogP contribution < -0.4 is 5.32 Å². The maximum Gasteiger partial charge on any atom is 0.296 e. The Hall–Kier alpha value is -2.70. The third-order valence-electron chi connectivity index (χ3n) is 4.18. The second-order valence-corrected chi connectivity index (χ2v) is 12.1. The molecule has 1 amide bonds. The molecular weight excluding hydrogens is 356 g/mol. The number of hydrogen-bond acceptors (Lipinski definition) is 3. The summed E-state index contributed by atoms with van der Waals surface area (Å²) >= 11 is 0. The second-order valence-electron chi connectivity index (χ2n) is 7.56. The molecule has 6 heteroatoms. The van der Waals surface area contributed by atoms with Crippen LogP contribution in [0, 0.1) is 6.92 Å². The number of carbonyl (C=O) groups excluding carboxylic acids is 2. The number of aromatic nitrogens is 1. The van der Waals surface area contributed by atoms with Crippen molar-refractivity contribution in [2.24, 2.45) is 0 Å². The Morgan fingerprint density at radius 3 is 2.56 bits per heavy atom. The summed E-state index contributed by atoms with van der Waals surface area (Å²) in [6.07, 6.45) is 0. The number of benzene rings is 2. The number of hydrogen-bond donors (Lipinski definition) is 2. The van der Waals surface area contributed by atoms with Crippen LogP contribution in [0.1, 0.15) is 21.6 Å². The van der Waals surface area contributed by atoms with Gasteiger partial charge in [0.15, 0.2) is 8.32 Å². The van der Waals surface area contributed by atoms with Crippen LogP contribution in [0.15, 0.2) is 48.5 Å². The maximum absolute atomic E-state index is 12.7. The van der Waals surface area contributed by atoms with Gasteiger partial charge in [-0.2, -0.15) is 0 Å². The number of H-pyrrole nitrogens is 1. The molecule has 2 N–H and O–H groups in total. The van der Waals surface area contributed by atoms with Crippen molar-refractivity contribution < 1.29 is 14.0 Å². The summed E-state index contributed by atoms with van der Waals surface area (Å²) in [5.74, 6) is -1.19. The van der Waals surface area contributed by atoms with Crippen molar-refractivity contribution in [2.75, 3.05) is 5.32 Å². The lowest BCUT2D eigenvalue weighted by Crippen LogP contribution is -2.25. The smallest absolute Gasteiger partial charge is 0.296 e. The van der Waals surface area contributed by atoms with E-state index in [1.807, 2.05) is 42.5 Å². The predicted octanol–water partition coefficient (Wildman–Crippen LogP) is 4.65. The molecule has 0 bridgehead atoms. The molecule has 5 nitrogen and oxygen atoms in total. The van der Waals surface area contributed by atoms with Gasteiger partial charge in [0, 0.05) is 22.3 Å². The fraction of sp³-hybridized carbons (Fsp3) is 0.238. The number of carbonyl (C=O) groups is 2. The van der Waals surface area contributed by atoms with Gasteiger partial charge in [-0.05, 0) is 50.3 Å². The average Bonchev–Trinajstić information content (AvgIpc) is 2.94. The molecule has 2 aromatic carbocycles. The monoisotopic (exact) mass is 380 g/mol. The quantitative estimate of drug-likeness (QED) is 0.371. The molecule has 0 spiro atoms. The van der Waals surface area contributed by atoms with Crippen LogP contribution in [-0.2, 0) is 15.8 Å². The summed E-state index contributed by atoms with van der Waals surface area (Å²) in [6, 6.07) is 14.9. The number of rotatable bonds is 6. The van der Waals surface area contributed by atoms with E-state index in [-0.39, 0.29) is 0 Å². The Balaban J connectivity index is 1.77. The number of aromatic amines is 1. The molecule has 0 aliphatic heterocycles. The minimum atomic E-state index is -1.62. The predicted molar refractivity (Wildman–Crippen MR) is 111 cm³/mol. The van der Waals surface area contributed by atoms with Gasteiger partial charge in [0.05, 0.1) is 12.2 Å². The fourth-order valence-electron chi connectivity index (χ4n) is 2.91. The number of aryl methyl sites for hydroxylation is 1. The van der Waals surface area contributed by atoms with Crippen LogP contribution in [-0.4, -0.2) is 25.0 Å². The first kappa shape index (κ1) is 19.1. The third kappa shape index (κ3) is 4.53. The van der Waals surface area contributed by atoms with Gasteiger partial charge in [-0.15, -0.1) is 0 Å². The lowest BCUT2D eigenvalue weighted by Gasteiger charge is -2.17. The Morgan fingerprint density at radius 2 is 1.81 bits per heavy atom. The molecule has 3 rings (SSSR count). The molecule has 0 radical (unpaired) electrons. The van der Waals surface area contributed by atoms with Crippen LogP contribution in [0.5, 0.6) is 0 Å². The topological polar surface area (TPSA) is 71.2 Å². The number of anilines is 1. The molecule has 0 aliphatic carbocycles. The van der Waals surface area contributed by atoms with Gasteiger partial charge in [-0.1, -0.05) is 30.3 Å². The lowest BCUT2D eigenvalue weighted by atomic mass is 10.1. The van der Waals surface area contributed by atoms with E-state index in [4.69, 9.17) is 4.43 Å². The summed E-state index contributed by atoms with van der Waals surface area (Å²) in [5, 5.41) is 3.47. The van der Waals surface area contributed by atoms with Gasteiger partial charge in [0.25, 0.3) is 11.7 Å². The van der Waals surface area contributed by atoms with Gasteiger partial charge in [-0.25, -0.2) is 0 Å². The molecule has 1 aromatic heterocycles. The van der Waals surface area contributed by atoms with E-state index in [2.05, 4.69) is 29.9 Å². The summed E-state index contributed by atoms with van der Waals surface area (Å²) in [4.78, 5) is 28.4. The van der Waals surface area contributed by atoms with Crippen molar-refractivity contribution in [3.63, 3.8) is 0 Å². The van der Waals surface area contributed by atoms with E-state index < -0.39 is 20.0 Å². The molecule has 27 heavy (non-hydrogen) atoms. The summed E-state index contributed by atoms with van der Waals surface area (Å²) in [7, 11) is -1.62. The van der Waals surface area contributed by atoms with E-state index in [0.717, 1.165) is 16.5 Å². The average molecular weight is 381 g/mol. The molecular formula is C21H24N2O3Si. The summed E-state index contributed by atoms with van der Waals surface area (Å²) in [5.41, 5.74) is 3.50. The largest absolute Gasteiger partial charge is 0.413 e. The van der Waals surface area contributed by atoms with Crippen LogP contribution in [0.2, 0.25) is 19.6 Å². The van der Waals surface area contributed by atoms with E-state index in [0.29, 0.717) is 23.6 Å². The van der Waals surface area contributed by atoms with Crippen molar-refractivity contribution in [1.82, 2.24) is 4.98 Å². The minimum absolute atomic E-state index is 0.418. The molecule has 0 saturated heterocycles. The van der Waals surface area contributed by atoms with E-state index in [1.54, 1.807) is 13.0 Å². The van der Waals surface area contributed by atoms with E-state index in [1.165, 1.54) is 0 Å². The van der Waals surface area contributed by atoms with Crippen molar-refractivity contribution in [3.8, 4) is 0 Å². The van der Waals surface area contributed by atoms with Crippen LogP contribution in [0.4, 0.5) is 5.69 Å². The fourth-order valence-corrected chi connectivity index (χ4v) is 3.51. The zero-order valence-electron chi connectivity index (χ0n) is 16.1. The standard InChI is InChI=1S/C21H24N2O3Si/c1-14-19(17-10-5-6-11-18(17)22-14)20(24)21(25)23-16-9-7-8-15(12-16)13-26-27(2,3)4/h5-12,22H,13H2,1-4H3,(H,23,25). The lowest BCUT2D eigenvalue weighted by molar-refractivity contribution is -0.112. The van der Waals surface area contributed by atoms with Crippen molar-refractivity contribution in [1.29, 1.82) is 0 Å². The van der Waals surface area contributed by atoms with E-state index in [9.17, 15) is 9.59 Å². The summed E-state index contributed by atoms with van der Waals surface area (Å²) < 4.78 is 5.90. The number of amides is 1. The molecule has 1 heterocycles. The summed E-state index contributed by atoms with van der Waals surface area (Å²) in [6.45, 7) is 8.67. The number of fused-ring (bicyclic) bond motifs is 1. The van der Waals surface area contributed by atoms with Gasteiger partial charge in [-0.3, -0.25) is 9.59 Å².